The third-order valence-electron chi connectivity index (χ3n) is 2.70. The van der Waals surface area contributed by atoms with E-state index in [2.05, 4.69) is 29.0 Å². The molecule has 0 radical (unpaired) electrons. The van der Waals surface area contributed by atoms with Crippen molar-refractivity contribution in [3.05, 3.63) is 18.2 Å². The maximum absolute atomic E-state index is 4.26. The fraction of sp³-hybridized carbons (Fsp3) is 0.727. The predicted molar refractivity (Wildman–Crippen MR) is 62.7 cm³/mol. The van der Waals surface area contributed by atoms with E-state index in [1.54, 1.807) is 0 Å². The molecular weight excluding hydrogens is 188 g/mol. The second kappa shape index (κ2) is 6.58. The maximum atomic E-state index is 4.26. The standard InChI is InChI=1S/C11H22N4/c1-4-15(5-2)9-6-12-10-11-13-7-8-14(11)3/h7-8,12H,4-6,9-10H2,1-3H3. The molecule has 0 saturated heterocycles. The molecule has 0 unspecified atom stereocenters. The molecule has 0 aliphatic heterocycles. The summed E-state index contributed by atoms with van der Waals surface area (Å²) in [6.45, 7) is 9.63. The van der Waals surface area contributed by atoms with Crippen LogP contribution in [0.2, 0.25) is 0 Å². The Hall–Kier alpha value is -0.870. The van der Waals surface area contributed by atoms with Gasteiger partial charge in [-0.3, -0.25) is 0 Å². The third kappa shape index (κ3) is 4.01. The number of hydrogen-bond donors (Lipinski definition) is 1. The van der Waals surface area contributed by atoms with Crippen LogP contribution in [0.15, 0.2) is 12.4 Å². The zero-order valence-corrected chi connectivity index (χ0v) is 10.0. The van der Waals surface area contributed by atoms with E-state index in [1.165, 1.54) is 0 Å². The summed E-state index contributed by atoms with van der Waals surface area (Å²) in [5, 5.41) is 3.40. The van der Waals surface area contributed by atoms with E-state index in [-0.39, 0.29) is 0 Å². The summed E-state index contributed by atoms with van der Waals surface area (Å²) in [6.07, 6.45) is 3.81. The van der Waals surface area contributed by atoms with Crippen LogP contribution in [0.3, 0.4) is 0 Å². The van der Waals surface area contributed by atoms with Crippen LogP contribution < -0.4 is 5.32 Å². The van der Waals surface area contributed by atoms with Crippen LogP contribution >= 0.6 is 0 Å². The first-order chi connectivity index (χ1) is 7.27. The van der Waals surface area contributed by atoms with Gasteiger partial charge in [0.05, 0.1) is 6.54 Å². The van der Waals surface area contributed by atoms with Gasteiger partial charge in [0.25, 0.3) is 0 Å². The van der Waals surface area contributed by atoms with Gasteiger partial charge in [0.15, 0.2) is 0 Å². The number of hydrogen-bond acceptors (Lipinski definition) is 3. The van der Waals surface area contributed by atoms with Crippen LogP contribution in [0.4, 0.5) is 0 Å². The summed E-state index contributed by atoms with van der Waals surface area (Å²) in [6, 6.07) is 0. The van der Waals surface area contributed by atoms with Crippen molar-refractivity contribution in [3.8, 4) is 0 Å². The van der Waals surface area contributed by atoms with Crippen molar-refractivity contribution in [3.63, 3.8) is 0 Å². The number of nitrogens with zero attached hydrogens (tertiary/aromatic N) is 3. The Bertz CT molecular complexity index is 265. The second-order valence-electron chi connectivity index (χ2n) is 3.66. The van der Waals surface area contributed by atoms with Crippen molar-refractivity contribution in [1.29, 1.82) is 0 Å². The molecule has 4 heteroatoms. The summed E-state index contributed by atoms with van der Waals surface area (Å²) < 4.78 is 2.05. The van der Waals surface area contributed by atoms with E-state index in [0.29, 0.717) is 0 Å². The Labute approximate surface area is 92.3 Å². The monoisotopic (exact) mass is 210 g/mol. The van der Waals surface area contributed by atoms with E-state index in [9.17, 15) is 0 Å². The van der Waals surface area contributed by atoms with Crippen molar-refractivity contribution in [2.24, 2.45) is 7.05 Å². The lowest BCUT2D eigenvalue weighted by molar-refractivity contribution is 0.301. The molecule has 0 fully saturated rings. The molecule has 1 aromatic heterocycles. The minimum atomic E-state index is 0.852. The molecule has 1 heterocycles. The molecule has 0 spiro atoms. The minimum Gasteiger partial charge on any atom is -0.337 e. The van der Waals surface area contributed by atoms with E-state index in [0.717, 1.165) is 38.5 Å². The Balaban J connectivity index is 2.14. The zero-order valence-electron chi connectivity index (χ0n) is 10.0. The first-order valence-corrected chi connectivity index (χ1v) is 5.67. The number of nitrogens with one attached hydrogen (secondary N) is 1. The molecule has 1 N–H and O–H groups in total. The Kier molecular flexibility index (Phi) is 5.36. The lowest BCUT2D eigenvalue weighted by Gasteiger charge is -2.17. The Morgan fingerprint density at radius 1 is 1.40 bits per heavy atom. The molecule has 0 aliphatic carbocycles. The highest BCUT2D eigenvalue weighted by atomic mass is 15.1. The van der Waals surface area contributed by atoms with Crippen molar-refractivity contribution in [2.45, 2.75) is 20.4 Å². The summed E-state index contributed by atoms with van der Waals surface area (Å²) >= 11 is 0. The molecule has 0 aliphatic rings. The molecule has 86 valence electrons. The zero-order chi connectivity index (χ0) is 11.1. The van der Waals surface area contributed by atoms with Crippen LogP contribution in [0.5, 0.6) is 0 Å². The number of likely N-dealkylation sites (N-methyl/N-ethyl adjacent to an activating group) is 1. The summed E-state index contributed by atoms with van der Waals surface area (Å²) in [4.78, 5) is 6.67. The van der Waals surface area contributed by atoms with Crippen LogP contribution in [0, 0.1) is 0 Å². The van der Waals surface area contributed by atoms with E-state index < -0.39 is 0 Å². The number of aryl methyl sites for hydroxylation is 1. The van der Waals surface area contributed by atoms with Crippen molar-refractivity contribution >= 4 is 0 Å². The molecular formula is C11H22N4. The Morgan fingerprint density at radius 3 is 2.67 bits per heavy atom. The van der Waals surface area contributed by atoms with Gasteiger partial charge < -0.3 is 14.8 Å². The normalized spacial score (nSPS) is 11.2. The van der Waals surface area contributed by atoms with Gasteiger partial charge in [0.2, 0.25) is 0 Å². The van der Waals surface area contributed by atoms with Crippen LogP contribution in [-0.2, 0) is 13.6 Å². The molecule has 1 rings (SSSR count). The average molecular weight is 210 g/mol. The first-order valence-electron chi connectivity index (χ1n) is 5.67. The van der Waals surface area contributed by atoms with Gasteiger partial charge in [-0.25, -0.2) is 4.98 Å². The fourth-order valence-corrected chi connectivity index (χ4v) is 1.54. The van der Waals surface area contributed by atoms with Gasteiger partial charge >= 0.3 is 0 Å². The quantitative estimate of drug-likeness (QED) is 0.677. The molecule has 4 nitrogen and oxygen atoms in total. The van der Waals surface area contributed by atoms with Crippen LogP contribution in [0.25, 0.3) is 0 Å². The maximum Gasteiger partial charge on any atom is 0.122 e. The Morgan fingerprint density at radius 2 is 2.13 bits per heavy atom. The van der Waals surface area contributed by atoms with Gasteiger partial charge in [-0.2, -0.15) is 0 Å². The summed E-state index contributed by atoms with van der Waals surface area (Å²) in [5.74, 6) is 1.09. The lowest BCUT2D eigenvalue weighted by Crippen LogP contribution is -2.32. The van der Waals surface area contributed by atoms with E-state index in [1.807, 2.05) is 24.0 Å². The van der Waals surface area contributed by atoms with Crippen molar-refractivity contribution in [2.75, 3.05) is 26.2 Å². The molecule has 0 amide bonds. The third-order valence-corrected chi connectivity index (χ3v) is 2.70. The first kappa shape index (κ1) is 12.2. The van der Waals surface area contributed by atoms with Gasteiger partial charge in [-0.05, 0) is 13.1 Å². The summed E-state index contributed by atoms with van der Waals surface area (Å²) in [7, 11) is 2.02. The average Bonchev–Trinajstić information content (AvgIpc) is 2.65. The van der Waals surface area contributed by atoms with Crippen molar-refractivity contribution < 1.29 is 0 Å². The molecule has 1 aromatic rings. The SMILES string of the molecule is CCN(CC)CCNCc1nccn1C. The fourth-order valence-electron chi connectivity index (χ4n) is 1.54. The largest absolute Gasteiger partial charge is 0.337 e. The van der Waals surface area contributed by atoms with E-state index in [4.69, 9.17) is 0 Å². The highest BCUT2D eigenvalue weighted by Crippen LogP contribution is 1.92. The number of aromatic nitrogens is 2. The van der Waals surface area contributed by atoms with Gasteiger partial charge in [0, 0.05) is 32.5 Å². The van der Waals surface area contributed by atoms with Gasteiger partial charge in [0.1, 0.15) is 5.82 Å². The van der Waals surface area contributed by atoms with Crippen LogP contribution in [-0.4, -0.2) is 40.6 Å². The number of rotatable bonds is 7. The van der Waals surface area contributed by atoms with Gasteiger partial charge in [-0.15, -0.1) is 0 Å². The van der Waals surface area contributed by atoms with Crippen molar-refractivity contribution in [1.82, 2.24) is 19.8 Å². The molecule has 0 atom stereocenters. The van der Waals surface area contributed by atoms with E-state index >= 15 is 0 Å². The molecule has 15 heavy (non-hydrogen) atoms. The topological polar surface area (TPSA) is 33.1 Å². The second-order valence-corrected chi connectivity index (χ2v) is 3.66. The highest BCUT2D eigenvalue weighted by Gasteiger charge is 2.00. The number of imidazole rings is 1. The van der Waals surface area contributed by atoms with Crippen LogP contribution in [0.1, 0.15) is 19.7 Å². The lowest BCUT2D eigenvalue weighted by atomic mass is 10.4. The van der Waals surface area contributed by atoms with Gasteiger partial charge in [-0.1, -0.05) is 13.8 Å². The highest BCUT2D eigenvalue weighted by molar-refractivity contribution is 4.90. The predicted octanol–water partition coefficient (Wildman–Crippen LogP) is 0.851. The molecule has 0 saturated carbocycles. The molecule has 0 aromatic carbocycles. The smallest absolute Gasteiger partial charge is 0.122 e. The minimum absolute atomic E-state index is 0.852. The summed E-state index contributed by atoms with van der Waals surface area (Å²) in [5.41, 5.74) is 0. The molecule has 0 bridgehead atoms.